The zero-order valence-electron chi connectivity index (χ0n) is 14.9. The molecular weight excluding hydrogens is 303 g/mol. The van der Waals surface area contributed by atoms with Crippen molar-refractivity contribution in [3.8, 4) is 16.9 Å². The van der Waals surface area contributed by atoms with Crippen molar-refractivity contribution < 1.29 is 14.2 Å². The number of fused-ring (bicyclic) bond motifs is 1. The van der Waals surface area contributed by atoms with Crippen molar-refractivity contribution in [1.82, 2.24) is 0 Å². The summed E-state index contributed by atoms with van der Waals surface area (Å²) < 4.78 is 19.7. The zero-order valence-corrected chi connectivity index (χ0v) is 14.9. The molecule has 0 fully saturated rings. The Morgan fingerprint density at radius 1 is 1.08 bits per heavy atom. The van der Waals surface area contributed by atoms with Gasteiger partial charge < -0.3 is 9.84 Å². The highest BCUT2D eigenvalue weighted by Crippen LogP contribution is 2.38. The molecule has 0 spiro atoms. The molecule has 0 heterocycles. The summed E-state index contributed by atoms with van der Waals surface area (Å²) in [5.41, 5.74) is 5.72. The number of ether oxygens (including phenoxy) is 1. The summed E-state index contributed by atoms with van der Waals surface area (Å²) >= 11 is 0. The van der Waals surface area contributed by atoms with Crippen LogP contribution in [0.1, 0.15) is 42.5 Å². The van der Waals surface area contributed by atoms with Crippen LogP contribution in [-0.2, 0) is 12.8 Å². The minimum atomic E-state index is -0.863. The predicted molar refractivity (Wildman–Crippen MR) is 95.1 cm³/mol. The predicted octanol–water partition coefficient (Wildman–Crippen LogP) is 4.75. The average molecular weight is 328 g/mol. The summed E-state index contributed by atoms with van der Waals surface area (Å²) in [6.07, 6.45) is 2.80. The summed E-state index contributed by atoms with van der Waals surface area (Å²) in [4.78, 5) is 0. The van der Waals surface area contributed by atoms with E-state index in [4.69, 9.17) is 4.74 Å². The van der Waals surface area contributed by atoms with Gasteiger partial charge in [0.15, 0.2) is 0 Å². The van der Waals surface area contributed by atoms with Crippen LogP contribution in [0.15, 0.2) is 24.3 Å². The van der Waals surface area contributed by atoms with Gasteiger partial charge in [-0.15, -0.1) is 0 Å². The van der Waals surface area contributed by atoms with Crippen LogP contribution in [0.5, 0.6) is 5.75 Å². The van der Waals surface area contributed by atoms with Crippen LogP contribution in [0.3, 0.4) is 0 Å². The lowest BCUT2D eigenvalue weighted by Gasteiger charge is -2.20. The van der Waals surface area contributed by atoms with Gasteiger partial charge >= 0.3 is 0 Å². The molecule has 1 N–H and O–H groups in total. The van der Waals surface area contributed by atoms with Gasteiger partial charge in [0.25, 0.3) is 0 Å². The van der Waals surface area contributed by atoms with Crippen LogP contribution < -0.4 is 4.74 Å². The van der Waals surface area contributed by atoms with E-state index >= 15 is 0 Å². The quantitative estimate of drug-likeness (QED) is 0.878. The van der Waals surface area contributed by atoms with Gasteiger partial charge in [0.1, 0.15) is 18.2 Å². The van der Waals surface area contributed by atoms with Crippen LogP contribution >= 0.6 is 0 Å². The molecule has 0 saturated heterocycles. The molecule has 0 unspecified atom stereocenters. The van der Waals surface area contributed by atoms with E-state index in [2.05, 4.69) is 13.8 Å². The average Bonchev–Trinajstić information content (AvgIpc) is 2.96. The lowest BCUT2D eigenvalue weighted by atomic mass is 9.90. The SMILES string of the molecule is Cc1cc(OCC(C)(C)O)cc(C)c1-c1ccc(F)c2c1CCC2. The first-order chi connectivity index (χ1) is 11.3. The molecule has 0 aromatic heterocycles. The van der Waals surface area contributed by atoms with Crippen LogP contribution in [0.2, 0.25) is 0 Å². The molecule has 0 atom stereocenters. The maximum absolute atomic E-state index is 14.0. The lowest BCUT2D eigenvalue weighted by molar-refractivity contribution is 0.0284. The number of rotatable bonds is 4. The molecule has 1 aliphatic rings. The topological polar surface area (TPSA) is 29.5 Å². The van der Waals surface area contributed by atoms with Gasteiger partial charge in [-0.05, 0) is 98.5 Å². The van der Waals surface area contributed by atoms with E-state index in [0.717, 1.165) is 52.8 Å². The van der Waals surface area contributed by atoms with Gasteiger partial charge in [0, 0.05) is 0 Å². The molecule has 2 aromatic rings. The van der Waals surface area contributed by atoms with Crippen LogP contribution in [0.25, 0.3) is 11.1 Å². The Morgan fingerprint density at radius 3 is 2.33 bits per heavy atom. The van der Waals surface area contributed by atoms with Crippen molar-refractivity contribution in [2.75, 3.05) is 6.61 Å². The Balaban J connectivity index is 2.00. The van der Waals surface area contributed by atoms with E-state index in [1.165, 1.54) is 5.56 Å². The Morgan fingerprint density at radius 2 is 1.71 bits per heavy atom. The fourth-order valence-corrected chi connectivity index (χ4v) is 3.59. The van der Waals surface area contributed by atoms with Gasteiger partial charge in [-0.2, -0.15) is 0 Å². The number of hydrogen-bond acceptors (Lipinski definition) is 2. The molecule has 128 valence electrons. The molecule has 0 aliphatic heterocycles. The summed E-state index contributed by atoms with van der Waals surface area (Å²) in [5, 5.41) is 9.82. The van der Waals surface area contributed by atoms with Crippen molar-refractivity contribution in [1.29, 1.82) is 0 Å². The van der Waals surface area contributed by atoms with Crippen molar-refractivity contribution in [3.05, 3.63) is 52.3 Å². The minimum Gasteiger partial charge on any atom is -0.491 e. The van der Waals surface area contributed by atoms with E-state index in [9.17, 15) is 9.50 Å². The summed E-state index contributed by atoms with van der Waals surface area (Å²) in [6, 6.07) is 7.50. The first kappa shape index (κ1) is 17.0. The monoisotopic (exact) mass is 328 g/mol. The second kappa shape index (κ2) is 6.21. The highest BCUT2D eigenvalue weighted by atomic mass is 19.1. The molecule has 1 aliphatic carbocycles. The van der Waals surface area contributed by atoms with Gasteiger partial charge in [0.05, 0.1) is 5.60 Å². The lowest BCUT2D eigenvalue weighted by Crippen LogP contribution is -2.27. The molecule has 24 heavy (non-hydrogen) atoms. The normalized spacial score (nSPS) is 13.9. The molecule has 0 bridgehead atoms. The van der Waals surface area contributed by atoms with Gasteiger partial charge in [-0.3, -0.25) is 0 Å². The molecule has 0 amide bonds. The summed E-state index contributed by atoms with van der Waals surface area (Å²) in [5.74, 6) is 0.682. The Labute approximate surface area is 143 Å². The molecular formula is C21H25FO2. The van der Waals surface area contributed by atoms with Gasteiger partial charge in [0.2, 0.25) is 0 Å². The number of hydrogen-bond donors (Lipinski definition) is 1. The largest absolute Gasteiger partial charge is 0.491 e. The van der Waals surface area contributed by atoms with E-state index in [1.807, 2.05) is 18.2 Å². The summed E-state index contributed by atoms with van der Waals surface area (Å²) in [6.45, 7) is 7.82. The van der Waals surface area contributed by atoms with Crippen LogP contribution in [0.4, 0.5) is 4.39 Å². The second-order valence-electron chi connectivity index (χ2n) is 7.44. The number of aryl methyl sites for hydroxylation is 2. The van der Waals surface area contributed by atoms with E-state index in [-0.39, 0.29) is 12.4 Å². The number of halogens is 1. The third-order valence-corrected chi connectivity index (χ3v) is 4.60. The van der Waals surface area contributed by atoms with Crippen molar-refractivity contribution in [3.63, 3.8) is 0 Å². The highest BCUT2D eigenvalue weighted by molar-refractivity contribution is 5.76. The van der Waals surface area contributed by atoms with Crippen molar-refractivity contribution in [2.24, 2.45) is 0 Å². The standard InChI is InChI=1S/C21H25FO2/c1-13-10-15(24-12-21(3,4)23)11-14(2)20(13)18-8-9-19(22)17-7-5-6-16(17)18/h8-11,23H,5-7,12H2,1-4H3. The third kappa shape index (κ3) is 3.32. The fraction of sp³-hybridized carbons (Fsp3) is 0.429. The molecule has 2 nitrogen and oxygen atoms in total. The molecule has 3 heteroatoms. The molecule has 0 saturated carbocycles. The summed E-state index contributed by atoms with van der Waals surface area (Å²) in [7, 11) is 0. The van der Waals surface area contributed by atoms with Crippen LogP contribution in [0, 0.1) is 19.7 Å². The van der Waals surface area contributed by atoms with Crippen molar-refractivity contribution in [2.45, 2.75) is 52.6 Å². The van der Waals surface area contributed by atoms with Gasteiger partial charge in [-0.1, -0.05) is 6.07 Å². The number of aliphatic hydroxyl groups is 1. The van der Waals surface area contributed by atoms with E-state index < -0.39 is 5.60 Å². The maximum Gasteiger partial charge on any atom is 0.126 e. The van der Waals surface area contributed by atoms with Crippen molar-refractivity contribution >= 4 is 0 Å². The Bertz CT molecular complexity index is 749. The minimum absolute atomic E-state index is 0.0771. The Kier molecular flexibility index (Phi) is 4.39. The van der Waals surface area contributed by atoms with E-state index in [0.29, 0.717) is 0 Å². The second-order valence-corrected chi connectivity index (χ2v) is 7.44. The number of benzene rings is 2. The molecule has 2 aromatic carbocycles. The maximum atomic E-state index is 14.0. The molecule has 0 radical (unpaired) electrons. The zero-order chi connectivity index (χ0) is 17.5. The van der Waals surface area contributed by atoms with E-state index in [1.54, 1.807) is 19.9 Å². The third-order valence-electron chi connectivity index (χ3n) is 4.60. The highest BCUT2D eigenvalue weighted by Gasteiger charge is 2.22. The fourth-order valence-electron chi connectivity index (χ4n) is 3.59. The first-order valence-electron chi connectivity index (χ1n) is 8.53. The molecule has 3 rings (SSSR count). The first-order valence-corrected chi connectivity index (χ1v) is 8.53. The smallest absolute Gasteiger partial charge is 0.126 e. The Hall–Kier alpha value is -1.87. The van der Waals surface area contributed by atoms with Crippen LogP contribution in [-0.4, -0.2) is 17.3 Å². The van der Waals surface area contributed by atoms with Gasteiger partial charge in [-0.25, -0.2) is 4.39 Å².